The fourth-order valence-corrected chi connectivity index (χ4v) is 2.68. The van der Waals surface area contributed by atoms with Gasteiger partial charge < -0.3 is 10.6 Å². The van der Waals surface area contributed by atoms with Gasteiger partial charge >= 0.3 is 6.03 Å². The molecular formula is C18H25N3O3. The zero-order valence-corrected chi connectivity index (χ0v) is 14.7. The van der Waals surface area contributed by atoms with Crippen LogP contribution >= 0.6 is 0 Å². The third-order valence-corrected chi connectivity index (χ3v) is 3.88. The zero-order chi connectivity index (χ0) is 17.9. The number of rotatable bonds is 5. The lowest BCUT2D eigenvalue weighted by Gasteiger charge is -2.29. The lowest BCUT2D eigenvalue weighted by atomic mass is 10.1. The quantitative estimate of drug-likeness (QED) is 0.641. The van der Waals surface area contributed by atoms with Crippen molar-refractivity contribution in [2.75, 3.05) is 11.9 Å². The van der Waals surface area contributed by atoms with Crippen molar-refractivity contribution in [3.05, 3.63) is 29.3 Å². The Morgan fingerprint density at radius 1 is 1.08 bits per heavy atom. The van der Waals surface area contributed by atoms with Crippen molar-refractivity contribution in [2.45, 2.75) is 52.5 Å². The molecule has 6 heteroatoms. The van der Waals surface area contributed by atoms with Crippen molar-refractivity contribution in [3.63, 3.8) is 0 Å². The van der Waals surface area contributed by atoms with Crippen LogP contribution in [0.2, 0.25) is 0 Å². The number of nitrogens with zero attached hydrogens (tertiary/aromatic N) is 1. The molecule has 1 aliphatic heterocycles. The van der Waals surface area contributed by atoms with Crippen LogP contribution in [0.3, 0.4) is 0 Å². The Kier molecular flexibility index (Phi) is 5.26. The molecule has 2 rings (SSSR count). The predicted molar refractivity (Wildman–Crippen MR) is 93.2 cm³/mol. The van der Waals surface area contributed by atoms with Crippen molar-refractivity contribution in [2.24, 2.45) is 0 Å². The van der Waals surface area contributed by atoms with E-state index in [2.05, 4.69) is 17.6 Å². The van der Waals surface area contributed by atoms with Crippen molar-refractivity contribution >= 4 is 23.5 Å². The molecule has 4 amide bonds. The molecule has 24 heavy (non-hydrogen) atoms. The number of imide groups is 1. The van der Waals surface area contributed by atoms with Crippen LogP contribution in [-0.2, 0) is 0 Å². The maximum absolute atomic E-state index is 12.5. The first-order chi connectivity index (χ1) is 11.3. The molecule has 6 nitrogen and oxygen atoms in total. The highest BCUT2D eigenvalue weighted by Gasteiger charge is 2.41. The van der Waals surface area contributed by atoms with Gasteiger partial charge in [0.1, 0.15) is 0 Å². The van der Waals surface area contributed by atoms with Crippen LogP contribution in [0, 0.1) is 0 Å². The van der Waals surface area contributed by atoms with E-state index in [4.69, 9.17) is 0 Å². The minimum atomic E-state index is -0.586. The summed E-state index contributed by atoms with van der Waals surface area (Å²) in [4.78, 5) is 38.0. The van der Waals surface area contributed by atoms with E-state index < -0.39 is 5.54 Å². The van der Waals surface area contributed by atoms with Crippen molar-refractivity contribution in [1.29, 1.82) is 0 Å². The SMILES string of the molecule is CCCCCNC(=O)Nc1ccc2c(c1)C(=O)N(C(C)(C)C)C2=O. The van der Waals surface area contributed by atoms with E-state index in [1.807, 2.05) is 20.8 Å². The number of benzene rings is 1. The van der Waals surface area contributed by atoms with Crippen molar-refractivity contribution in [3.8, 4) is 0 Å². The number of carbonyl (C=O) groups is 3. The summed E-state index contributed by atoms with van der Waals surface area (Å²) in [6.45, 7) is 8.16. The molecule has 0 aromatic heterocycles. The largest absolute Gasteiger partial charge is 0.338 e. The van der Waals surface area contributed by atoms with Crippen LogP contribution in [0.4, 0.5) is 10.5 Å². The summed E-state index contributed by atoms with van der Waals surface area (Å²) in [6, 6.07) is 4.48. The normalized spacial score (nSPS) is 13.9. The van der Waals surface area contributed by atoms with E-state index in [9.17, 15) is 14.4 Å². The van der Waals surface area contributed by atoms with Gasteiger partial charge in [-0.2, -0.15) is 0 Å². The van der Waals surface area contributed by atoms with Gasteiger partial charge in [-0.15, -0.1) is 0 Å². The molecule has 0 aliphatic carbocycles. The van der Waals surface area contributed by atoms with Gasteiger partial charge in [-0.3, -0.25) is 14.5 Å². The summed E-state index contributed by atoms with van der Waals surface area (Å²) in [5, 5.41) is 5.48. The summed E-state index contributed by atoms with van der Waals surface area (Å²) >= 11 is 0. The van der Waals surface area contributed by atoms with Crippen LogP contribution in [0.25, 0.3) is 0 Å². The number of nitrogens with one attached hydrogen (secondary N) is 2. The van der Waals surface area contributed by atoms with E-state index in [1.165, 1.54) is 4.90 Å². The third-order valence-electron chi connectivity index (χ3n) is 3.88. The molecule has 0 saturated carbocycles. The Morgan fingerprint density at radius 3 is 2.38 bits per heavy atom. The number of hydrogen-bond acceptors (Lipinski definition) is 3. The first-order valence-electron chi connectivity index (χ1n) is 8.33. The second-order valence-corrected chi connectivity index (χ2v) is 6.96. The minimum absolute atomic E-state index is 0.293. The van der Waals surface area contributed by atoms with Crippen LogP contribution in [0.5, 0.6) is 0 Å². The Bertz CT molecular complexity index is 662. The molecule has 0 spiro atoms. The fourth-order valence-electron chi connectivity index (χ4n) is 2.68. The van der Waals surface area contributed by atoms with Gasteiger partial charge in [0.15, 0.2) is 0 Å². The number of unbranched alkanes of at least 4 members (excludes halogenated alkanes) is 2. The highest BCUT2D eigenvalue weighted by Crippen LogP contribution is 2.30. The Balaban J connectivity index is 2.08. The average molecular weight is 331 g/mol. The van der Waals surface area contributed by atoms with E-state index in [0.29, 0.717) is 23.4 Å². The third kappa shape index (κ3) is 3.75. The topological polar surface area (TPSA) is 78.5 Å². The van der Waals surface area contributed by atoms with E-state index >= 15 is 0 Å². The number of anilines is 1. The van der Waals surface area contributed by atoms with Crippen LogP contribution < -0.4 is 10.6 Å². The number of fused-ring (bicyclic) bond motifs is 1. The Hall–Kier alpha value is -2.37. The molecule has 2 N–H and O–H groups in total. The van der Waals surface area contributed by atoms with Gasteiger partial charge in [-0.25, -0.2) is 4.79 Å². The number of hydrogen-bond donors (Lipinski definition) is 2. The lowest BCUT2D eigenvalue weighted by molar-refractivity contribution is 0.0507. The molecule has 1 heterocycles. The monoisotopic (exact) mass is 331 g/mol. The molecule has 0 radical (unpaired) electrons. The summed E-state index contributed by atoms with van der Waals surface area (Å²) in [6.07, 6.45) is 3.09. The molecule has 0 atom stereocenters. The minimum Gasteiger partial charge on any atom is -0.338 e. The molecule has 0 fully saturated rings. The summed E-state index contributed by atoms with van der Waals surface area (Å²) in [5.74, 6) is -0.618. The number of urea groups is 1. The van der Waals surface area contributed by atoms with Gasteiger partial charge in [0, 0.05) is 17.8 Å². The summed E-state index contributed by atoms with van der Waals surface area (Å²) in [7, 11) is 0. The zero-order valence-electron chi connectivity index (χ0n) is 14.7. The highest BCUT2D eigenvalue weighted by molar-refractivity contribution is 6.22. The van der Waals surface area contributed by atoms with Gasteiger partial charge in [0.05, 0.1) is 11.1 Å². The standard InChI is InChI=1S/C18H25N3O3/c1-5-6-7-10-19-17(24)20-12-8-9-13-14(11-12)16(23)21(15(13)22)18(2,3)4/h8-9,11H,5-7,10H2,1-4H3,(H2,19,20,24). The Morgan fingerprint density at radius 2 is 1.75 bits per heavy atom. The van der Waals surface area contributed by atoms with Crippen molar-refractivity contribution in [1.82, 2.24) is 10.2 Å². The van der Waals surface area contributed by atoms with Crippen LogP contribution in [0.15, 0.2) is 18.2 Å². The fraction of sp³-hybridized carbons (Fsp3) is 0.500. The number of carbonyl (C=O) groups excluding carboxylic acids is 3. The smallest absolute Gasteiger partial charge is 0.319 e. The van der Waals surface area contributed by atoms with Gasteiger partial charge in [0.2, 0.25) is 0 Å². The summed E-state index contributed by atoms with van der Waals surface area (Å²) in [5.41, 5.74) is 0.624. The van der Waals surface area contributed by atoms with Crippen molar-refractivity contribution < 1.29 is 14.4 Å². The summed E-state index contributed by atoms with van der Waals surface area (Å²) < 4.78 is 0. The maximum atomic E-state index is 12.5. The predicted octanol–water partition coefficient (Wildman–Crippen LogP) is 3.39. The molecule has 1 aromatic rings. The van der Waals surface area contributed by atoms with E-state index in [1.54, 1.807) is 18.2 Å². The highest BCUT2D eigenvalue weighted by atomic mass is 16.2. The van der Waals surface area contributed by atoms with Crippen LogP contribution in [0.1, 0.15) is 67.7 Å². The van der Waals surface area contributed by atoms with E-state index in [-0.39, 0.29) is 17.8 Å². The molecule has 130 valence electrons. The molecule has 1 aromatic carbocycles. The molecule has 1 aliphatic rings. The molecule has 0 bridgehead atoms. The molecular weight excluding hydrogens is 306 g/mol. The molecule has 0 saturated heterocycles. The first kappa shape index (κ1) is 18.0. The van der Waals surface area contributed by atoms with Gasteiger partial charge in [-0.1, -0.05) is 19.8 Å². The second-order valence-electron chi connectivity index (χ2n) is 6.96. The molecule has 0 unspecified atom stereocenters. The second kappa shape index (κ2) is 7.03. The van der Waals surface area contributed by atoms with E-state index in [0.717, 1.165) is 19.3 Å². The van der Waals surface area contributed by atoms with Gasteiger partial charge in [-0.05, 0) is 45.4 Å². The van der Waals surface area contributed by atoms with Crippen LogP contribution in [-0.4, -0.2) is 34.8 Å². The maximum Gasteiger partial charge on any atom is 0.319 e. The lowest BCUT2D eigenvalue weighted by Crippen LogP contribution is -2.45. The van der Waals surface area contributed by atoms with Gasteiger partial charge in [0.25, 0.3) is 11.8 Å². The average Bonchev–Trinajstić information content (AvgIpc) is 2.75. The number of amides is 4. The first-order valence-corrected chi connectivity index (χ1v) is 8.33. The Labute approximate surface area is 142 Å².